The van der Waals surface area contributed by atoms with E-state index in [2.05, 4.69) is 30.1 Å². The van der Waals surface area contributed by atoms with Crippen LogP contribution in [-0.2, 0) is 6.42 Å². The number of unbranched alkanes of at least 4 members (excludes halogenated alkanes) is 4. The second-order valence-corrected chi connectivity index (χ2v) is 4.68. The lowest BCUT2D eigenvalue weighted by atomic mass is 10.1. The molecule has 2 aromatic rings. The van der Waals surface area contributed by atoms with Gasteiger partial charge in [0.05, 0.1) is 6.26 Å². The number of aromatic nitrogens is 1. The highest BCUT2D eigenvalue weighted by molar-refractivity contribution is 5.73. The van der Waals surface area contributed by atoms with Crippen LogP contribution in [0, 0.1) is 0 Å². The van der Waals surface area contributed by atoms with Crippen molar-refractivity contribution < 1.29 is 4.42 Å². The molecule has 2 aromatic heterocycles. The first-order valence-electron chi connectivity index (χ1n) is 6.87. The Kier molecular flexibility index (Phi) is 5.00. The molecule has 2 nitrogen and oxygen atoms in total. The highest BCUT2D eigenvalue weighted by atomic mass is 16.3. The van der Waals surface area contributed by atoms with E-state index in [0.717, 1.165) is 17.5 Å². The number of rotatable bonds is 7. The van der Waals surface area contributed by atoms with Gasteiger partial charge in [0.15, 0.2) is 0 Å². The van der Waals surface area contributed by atoms with E-state index >= 15 is 0 Å². The summed E-state index contributed by atoms with van der Waals surface area (Å²) in [7, 11) is 0. The van der Waals surface area contributed by atoms with Crippen molar-refractivity contribution in [2.75, 3.05) is 0 Å². The average Bonchev–Trinajstić information content (AvgIpc) is 2.85. The molecule has 0 aromatic carbocycles. The minimum absolute atomic E-state index is 0.724. The molecule has 96 valence electrons. The quantitative estimate of drug-likeness (QED) is 0.511. The van der Waals surface area contributed by atoms with E-state index in [4.69, 9.17) is 4.42 Å². The van der Waals surface area contributed by atoms with Gasteiger partial charge >= 0.3 is 0 Å². The van der Waals surface area contributed by atoms with Gasteiger partial charge in [-0.15, -0.1) is 0 Å². The van der Waals surface area contributed by atoms with Gasteiger partial charge in [-0.05, 0) is 37.0 Å². The van der Waals surface area contributed by atoms with Gasteiger partial charge in [-0.1, -0.05) is 38.3 Å². The van der Waals surface area contributed by atoms with E-state index in [9.17, 15) is 0 Å². The van der Waals surface area contributed by atoms with Crippen LogP contribution < -0.4 is 0 Å². The van der Waals surface area contributed by atoms with E-state index in [1.54, 1.807) is 6.26 Å². The maximum atomic E-state index is 5.22. The molecule has 18 heavy (non-hydrogen) atoms. The van der Waals surface area contributed by atoms with E-state index in [-0.39, 0.29) is 0 Å². The lowest BCUT2D eigenvalue weighted by Crippen LogP contribution is -1.83. The SMILES string of the molecule is CCCCCC/C=C/Cc1cnc2occc2c1. The number of pyridine rings is 1. The maximum Gasteiger partial charge on any atom is 0.225 e. The molecule has 0 aliphatic rings. The normalized spacial score (nSPS) is 11.6. The molecular formula is C16H21NO. The molecule has 0 saturated heterocycles. The largest absolute Gasteiger partial charge is 0.446 e. The zero-order valence-electron chi connectivity index (χ0n) is 11.1. The first-order valence-corrected chi connectivity index (χ1v) is 6.87. The van der Waals surface area contributed by atoms with E-state index in [1.165, 1.54) is 37.7 Å². The molecule has 0 atom stereocenters. The Hall–Kier alpha value is -1.57. The third-order valence-electron chi connectivity index (χ3n) is 3.11. The smallest absolute Gasteiger partial charge is 0.225 e. The molecule has 0 fully saturated rings. The topological polar surface area (TPSA) is 26.0 Å². The molecule has 0 saturated carbocycles. The maximum absolute atomic E-state index is 5.22. The third-order valence-corrected chi connectivity index (χ3v) is 3.11. The van der Waals surface area contributed by atoms with Crippen LogP contribution >= 0.6 is 0 Å². The fourth-order valence-corrected chi connectivity index (χ4v) is 2.04. The van der Waals surface area contributed by atoms with Crippen molar-refractivity contribution in [3.8, 4) is 0 Å². The Balaban J connectivity index is 1.77. The summed E-state index contributed by atoms with van der Waals surface area (Å²) in [6, 6.07) is 4.10. The van der Waals surface area contributed by atoms with Crippen molar-refractivity contribution in [3.05, 3.63) is 42.3 Å². The van der Waals surface area contributed by atoms with Gasteiger partial charge in [0.2, 0.25) is 5.71 Å². The summed E-state index contributed by atoms with van der Waals surface area (Å²) in [4.78, 5) is 4.28. The van der Waals surface area contributed by atoms with Crippen LogP contribution in [-0.4, -0.2) is 4.98 Å². The lowest BCUT2D eigenvalue weighted by Gasteiger charge is -1.96. The number of fused-ring (bicyclic) bond motifs is 1. The van der Waals surface area contributed by atoms with Crippen molar-refractivity contribution in [2.45, 2.75) is 45.4 Å². The van der Waals surface area contributed by atoms with Crippen LogP contribution in [0.3, 0.4) is 0 Å². The fraction of sp³-hybridized carbons (Fsp3) is 0.438. The van der Waals surface area contributed by atoms with Gasteiger partial charge in [0, 0.05) is 11.6 Å². The molecule has 0 aliphatic heterocycles. The van der Waals surface area contributed by atoms with Gasteiger partial charge in [-0.25, -0.2) is 4.98 Å². The molecule has 0 N–H and O–H groups in total. The Morgan fingerprint density at radius 2 is 2.17 bits per heavy atom. The van der Waals surface area contributed by atoms with Crippen molar-refractivity contribution in [1.82, 2.24) is 4.98 Å². The number of nitrogens with zero attached hydrogens (tertiary/aromatic N) is 1. The Morgan fingerprint density at radius 3 is 3.06 bits per heavy atom. The van der Waals surface area contributed by atoms with Crippen LogP contribution in [0.1, 0.15) is 44.6 Å². The Bertz CT molecular complexity index is 499. The summed E-state index contributed by atoms with van der Waals surface area (Å²) in [5.74, 6) is 0. The Labute approximate surface area is 109 Å². The lowest BCUT2D eigenvalue weighted by molar-refractivity contribution is 0.603. The van der Waals surface area contributed by atoms with Crippen LogP contribution in [0.2, 0.25) is 0 Å². The predicted molar refractivity (Wildman–Crippen MR) is 75.6 cm³/mol. The van der Waals surface area contributed by atoms with E-state index in [0.29, 0.717) is 0 Å². The van der Waals surface area contributed by atoms with Crippen molar-refractivity contribution in [2.24, 2.45) is 0 Å². The number of hydrogen-bond donors (Lipinski definition) is 0. The van der Waals surface area contributed by atoms with Crippen LogP contribution in [0.15, 0.2) is 41.2 Å². The number of furan rings is 1. The average molecular weight is 243 g/mol. The van der Waals surface area contributed by atoms with Crippen LogP contribution in [0.5, 0.6) is 0 Å². The molecule has 0 bridgehead atoms. The summed E-state index contributed by atoms with van der Waals surface area (Å²) >= 11 is 0. The molecule has 2 rings (SSSR count). The molecule has 2 heterocycles. The summed E-state index contributed by atoms with van der Waals surface area (Å²) in [6.07, 6.45) is 15.6. The highest BCUT2D eigenvalue weighted by Gasteiger charge is 1.98. The standard InChI is InChI=1S/C16H21NO/c1-2-3-4-5-6-7-8-9-14-12-15-10-11-18-16(15)17-13-14/h7-8,10-13H,2-6,9H2,1H3/b8-7+. The summed E-state index contributed by atoms with van der Waals surface area (Å²) in [5, 5.41) is 1.09. The molecular weight excluding hydrogens is 222 g/mol. The molecule has 0 radical (unpaired) electrons. The number of allylic oxidation sites excluding steroid dienone is 2. The minimum atomic E-state index is 0.724. The van der Waals surface area contributed by atoms with Gasteiger partial charge in [-0.3, -0.25) is 0 Å². The fourth-order valence-electron chi connectivity index (χ4n) is 2.04. The van der Waals surface area contributed by atoms with E-state index < -0.39 is 0 Å². The second-order valence-electron chi connectivity index (χ2n) is 4.68. The predicted octanol–water partition coefficient (Wildman–Crippen LogP) is 4.90. The van der Waals surface area contributed by atoms with Crippen molar-refractivity contribution in [3.63, 3.8) is 0 Å². The van der Waals surface area contributed by atoms with Crippen LogP contribution in [0.25, 0.3) is 11.1 Å². The first-order chi connectivity index (χ1) is 8.90. The first kappa shape index (κ1) is 12.9. The third kappa shape index (κ3) is 3.73. The zero-order valence-corrected chi connectivity index (χ0v) is 11.1. The molecule has 0 spiro atoms. The van der Waals surface area contributed by atoms with Gasteiger partial charge in [0.1, 0.15) is 0 Å². The van der Waals surface area contributed by atoms with Crippen molar-refractivity contribution >= 4 is 11.1 Å². The summed E-state index contributed by atoms with van der Waals surface area (Å²) in [5.41, 5.74) is 1.97. The molecule has 0 amide bonds. The number of hydrogen-bond acceptors (Lipinski definition) is 2. The molecule has 0 unspecified atom stereocenters. The van der Waals surface area contributed by atoms with E-state index in [1.807, 2.05) is 12.3 Å². The zero-order chi connectivity index (χ0) is 12.6. The summed E-state index contributed by atoms with van der Waals surface area (Å²) < 4.78 is 5.22. The van der Waals surface area contributed by atoms with Gasteiger partial charge in [0.25, 0.3) is 0 Å². The molecule has 2 heteroatoms. The molecule has 0 aliphatic carbocycles. The van der Waals surface area contributed by atoms with Gasteiger partial charge in [-0.2, -0.15) is 0 Å². The highest BCUT2D eigenvalue weighted by Crippen LogP contribution is 2.14. The monoisotopic (exact) mass is 243 g/mol. The second kappa shape index (κ2) is 7.00. The van der Waals surface area contributed by atoms with Crippen LogP contribution in [0.4, 0.5) is 0 Å². The van der Waals surface area contributed by atoms with Crippen molar-refractivity contribution in [1.29, 1.82) is 0 Å². The summed E-state index contributed by atoms with van der Waals surface area (Å²) in [6.45, 7) is 2.24. The van der Waals surface area contributed by atoms with Gasteiger partial charge < -0.3 is 4.42 Å². The Morgan fingerprint density at radius 1 is 1.22 bits per heavy atom. The minimum Gasteiger partial charge on any atom is -0.446 e.